The Morgan fingerprint density at radius 1 is 1.09 bits per heavy atom. The third-order valence-electron chi connectivity index (χ3n) is 3.70. The minimum absolute atomic E-state index is 0.0199. The Bertz CT molecular complexity index is 598. The van der Waals surface area contributed by atoms with Gasteiger partial charge in [0, 0.05) is 13.1 Å². The number of benzene rings is 2. The number of hydrogen-bond donors (Lipinski definition) is 1. The van der Waals surface area contributed by atoms with E-state index >= 15 is 0 Å². The molecule has 2 aromatic carbocycles. The Kier molecular flexibility index (Phi) is 5.67. The van der Waals surface area contributed by atoms with Crippen LogP contribution >= 0.6 is 0 Å². The lowest BCUT2D eigenvalue weighted by molar-refractivity contribution is -0.125. The Hall–Kier alpha value is -2.20. The number of carbonyl (C=O) groups excluding carboxylic acids is 1. The van der Waals surface area contributed by atoms with Crippen LogP contribution in [0.1, 0.15) is 18.1 Å². The summed E-state index contributed by atoms with van der Waals surface area (Å²) in [4.78, 5) is 14.1. The maximum absolute atomic E-state index is 12.9. The van der Waals surface area contributed by atoms with Crippen molar-refractivity contribution in [2.24, 2.45) is 0 Å². The molecule has 0 radical (unpaired) electrons. The normalized spacial score (nSPS) is 12.2. The SMILES string of the molecule is C[C@H](C(=O)NCc1ccccc1)N(C)Cc1ccc(F)cc1. The van der Waals surface area contributed by atoms with Gasteiger partial charge < -0.3 is 5.32 Å². The third kappa shape index (κ3) is 4.67. The van der Waals surface area contributed by atoms with Crippen molar-refractivity contribution in [3.63, 3.8) is 0 Å². The molecule has 0 unspecified atom stereocenters. The van der Waals surface area contributed by atoms with Crippen LogP contribution in [0.15, 0.2) is 54.6 Å². The van der Waals surface area contributed by atoms with E-state index in [-0.39, 0.29) is 17.8 Å². The highest BCUT2D eigenvalue weighted by Gasteiger charge is 2.17. The maximum atomic E-state index is 12.9. The molecular weight excluding hydrogens is 279 g/mol. The zero-order valence-corrected chi connectivity index (χ0v) is 12.9. The van der Waals surface area contributed by atoms with Crippen LogP contribution in [0.4, 0.5) is 4.39 Å². The van der Waals surface area contributed by atoms with E-state index in [0.717, 1.165) is 11.1 Å². The lowest BCUT2D eigenvalue weighted by atomic mass is 10.1. The summed E-state index contributed by atoms with van der Waals surface area (Å²) in [6.07, 6.45) is 0. The molecule has 1 N–H and O–H groups in total. The fraction of sp³-hybridized carbons (Fsp3) is 0.278. The van der Waals surface area contributed by atoms with Crippen molar-refractivity contribution in [3.8, 4) is 0 Å². The molecule has 22 heavy (non-hydrogen) atoms. The van der Waals surface area contributed by atoms with Gasteiger partial charge in [0.25, 0.3) is 0 Å². The summed E-state index contributed by atoms with van der Waals surface area (Å²) >= 11 is 0. The van der Waals surface area contributed by atoms with Gasteiger partial charge in [0.15, 0.2) is 0 Å². The van der Waals surface area contributed by atoms with Crippen LogP contribution < -0.4 is 5.32 Å². The lowest BCUT2D eigenvalue weighted by Gasteiger charge is -2.24. The highest BCUT2D eigenvalue weighted by atomic mass is 19.1. The summed E-state index contributed by atoms with van der Waals surface area (Å²) < 4.78 is 12.9. The van der Waals surface area contributed by atoms with Crippen molar-refractivity contribution in [1.29, 1.82) is 0 Å². The molecule has 1 amide bonds. The van der Waals surface area contributed by atoms with Crippen molar-refractivity contribution in [3.05, 3.63) is 71.5 Å². The number of nitrogens with one attached hydrogen (secondary N) is 1. The van der Waals surface area contributed by atoms with E-state index < -0.39 is 0 Å². The second-order valence-electron chi connectivity index (χ2n) is 5.42. The molecule has 0 aliphatic heterocycles. The van der Waals surface area contributed by atoms with Crippen molar-refractivity contribution >= 4 is 5.91 Å². The third-order valence-corrected chi connectivity index (χ3v) is 3.70. The average molecular weight is 300 g/mol. The van der Waals surface area contributed by atoms with Gasteiger partial charge in [0.1, 0.15) is 5.82 Å². The molecule has 116 valence electrons. The number of carbonyl (C=O) groups is 1. The average Bonchev–Trinajstić information content (AvgIpc) is 2.55. The molecule has 3 nitrogen and oxygen atoms in total. The van der Waals surface area contributed by atoms with Gasteiger partial charge in [-0.05, 0) is 37.2 Å². The maximum Gasteiger partial charge on any atom is 0.237 e. The monoisotopic (exact) mass is 300 g/mol. The van der Waals surface area contributed by atoms with Crippen LogP contribution in [0.25, 0.3) is 0 Å². The van der Waals surface area contributed by atoms with Gasteiger partial charge >= 0.3 is 0 Å². The van der Waals surface area contributed by atoms with Crippen LogP contribution in [0.3, 0.4) is 0 Å². The molecule has 0 bridgehead atoms. The highest BCUT2D eigenvalue weighted by molar-refractivity contribution is 5.81. The molecular formula is C18H21FN2O. The fourth-order valence-electron chi connectivity index (χ4n) is 2.15. The van der Waals surface area contributed by atoms with Crippen LogP contribution in [0.2, 0.25) is 0 Å². The summed E-state index contributed by atoms with van der Waals surface area (Å²) in [5, 5.41) is 2.93. The van der Waals surface area contributed by atoms with Gasteiger partial charge in [0.05, 0.1) is 6.04 Å². The van der Waals surface area contributed by atoms with E-state index in [1.165, 1.54) is 12.1 Å². The molecule has 0 fully saturated rings. The molecule has 4 heteroatoms. The number of amides is 1. The van der Waals surface area contributed by atoms with Crippen LogP contribution in [-0.2, 0) is 17.9 Å². The number of likely N-dealkylation sites (N-methyl/N-ethyl adjacent to an activating group) is 1. The minimum Gasteiger partial charge on any atom is -0.351 e. The Morgan fingerprint density at radius 2 is 1.73 bits per heavy atom. The first kappa shape index (κ1) is 16.2. The zero-order valence-electron chi connectivity index (χ0n) is 12.9. The molecule has 2 rings (SSSR count). The quantitative estimate of drug-likeness (QED) is 0.889. The molecule has 0 saturated carbocycles. The van der Waals surface area contributed by atoms with Crippen molar-refractivity contribution < 1.29 is 9.18 Å². The van der Waals surface area contributed by atoms with Gasteiger partial charge in [-0.1, -0.05) is 42.5 Å². The van der Waals surface area contributed by atoms with E-state index in [1.54, 1.807) is 12.1 Å². The first-order chi connectivity index (χ1) is 10.6. The number of hydrogen-bond acceptors (Lipinski definition) is 2. The molecule has 0 spiro atoms. The molecule has 0 aromatic heterocycles. The number of nitrogens with zero attached hydrogens (tertiary/aromatic N) is 1. The Balaban J connectivity index is 1.85. The largest absolute Gasteiger partial charge is 0.351 e. The second kappa shape index (κ2) is 7.71. The van der Waals surface area contributed by atoms with Gasteiger partial charge in [-0.2, -0.15) is 0 Å². The van der Waals surface area contributed by atoms with Crippen LogP contribution in [0.5, 0.6) is 0 Å². The summed E-state index contributed by atoms with van der Waals surface area (Å²) in [5.74, 6) is -0.270. The van der Waals surface area contributed by atoms with Crippen LogP contribution in [0, 0.1) is 5.82 Å². The highest BCUT2D eigenvalue weighted by Crippen LogP contribution is 2.08. The molecule has 0 aliphatic carbocycles. The van der Waals surface area contributed by atoms with Gasteiger partial charge in [0.2, 0.25) is 5.91 Å². The molecule has 0 aliphatic rings. The lowest BCUT2D eigenvalue weighted by Crippen LogP contribution is -2.42. The number of rotatable bonds is 6. The van der Waals surface area contributed by atoms with Crippen LogP contribution in [-0.4, -0.2) is 23.9 Å². The van der Waals surface area contributed by atoms with Gasteiger partial charge in [-0.3, -0.25) is 9.69 Å². The smallest absolute Gasteiger partial charge is 0.237 e. The molecule has 0 heterocycles. The van der Waals surface area contributed by atoms with Crippen molar-refractivity contribution in [2.75, 3.05) is 7.05 Å². The molecule has 0 saturated heterocycles. The van der Waals surface area contributed by atoms with E-state index in [2.05, 4.69) is 5.32 Å². The Morgan fingerprint density at radius 3 is 2.36 bits per heavy atom. The van der Waals surface area contributed by atoms with E-state index in [0.29, 0.717) is 13.1 Å². The van der Waals surface area contributed by atoms with Crippen molar-refractivity contribution in [1.82, 2.24) is 10.2 Å². The molecule has 2 aromatic rings. The Labute approximate surface area is 130 Å². The fourth-order valence-corrected chi connectivity index (χ4v) is 2.15. The summed E-state index contributed by atoms with van der Waals surface area (Å²) in [6, 6.07) is 15.9. The first-order valence-electron chi connectivity index (χ1n) is 7.32. The van der Waals surface area contributed by atoms with E-state index in [1.807, 2.05) is 49.2 Å². The molecule has 1 atom stereocenters. The standard InChI is InChI=1S/C18H21FN2O/c1-14(18(22)20-12-15-6-4-3-5-7-15)21(2)13-16-8-10-17(19)11-9-16/h3-11,14H,12-13H2,1-2H3,(H,20,22)/t14-/m1/s1. The predicted molar refractivity (Wildman–Crippen MR) is 85.6 cm³/mol. The van der Waals surface area contributed by atoms with Crippen molar-refractivity contribution in [2.45, 2.75) is 26.1 Å². The zero-order chi connectivity index (χ0) is 15.9. The second-order valence-corrected chi connectivity index (χ2v) is 5.42. The predicted octanol–water partition coefficient (Wildman–Crippen LogP) is 2.96. The summed E-state index contributed by atoms with van der Waals surface area (Å²) in [5.41, 5.74) is 2.05. The minimum atomic E-state index is -0.256. The first-order valence-corrected chi connectivity index (χ1v) is 7.32. The summed E-state index contributed by atoms with van der Waals surface area (Å²) in [7, 11) is 1.89. The van der Waals surface area contributed by atoms with E-state index in [9.17, 15) is 9.18 Å². The van der Waals surface area contributed by atoms with Gasteiger partial charge in [-0.15, -0.1) is 0 Å². The van der Waals surface area contributed by atoms with Gasteiger partial charge in [-0.25, -0.2) is 4.39 Å². The van der Waals surface area contributed by atoms with E-state index in [4.69, 9.17) is 0 Å². The topological polar surface area (TPSA) is 32.3 Å². The number of halogens is 1. The summed E-state index contributed by atoms with van der Waals surface area (Å²) in [6.45, 7) is 2.98.